The minimum absolute atomic E-state index is 0.0792. The normalized spacial score (nSPS) is 11.6. The summed E-state index contributed by atoms with van der Waals surface area (Å²) in [4.78, 5) is 0. The highest BCUT2D eigenvalue weighted by atomic mass is 79.9. The number of halogens is 7. The smallest absolute Gasteiger partial charge is 0.416 e. The zero-order chi connectivity index (χ0) is 17.2. The molecule has 8 heteroatoms. The van der Waals surface area contributed by atoms with E-state index in [-0.39, 0.29) is 16.5 Å². The van der Waals surface area contributed by atoms with Gasteiger partial charge in [-0.2, -0.15) is 17.6 Å². The molecule has 0 fully saturated rings. The monoisotopic (exact) mass is 398 g/mol. The summed E-state index contributed by atoms with van der Waals surface area (Å²) in [5.41, 5.74) is -1.27. The van der Waals surface area contributed by atoms with Gasteiger partial charge in [0.05, 0.1) is 5.56 Å². The second-order valence-corrected chi connectivity index (χ2v) is 5.14. The van der Waals surface area contributed by atoms with Crippen molar-refractivity contribution in [1.29, 1.82) is 0 Å². The van der Waals surface area contributed by atoms with Gasteiger partial charge >= 0.3 is 6.18 Å². The molecule has 0 atom stereocenters. The molecular formula is C15H9BrF6O. The van der Waals surface area contributed by atoms with Crippen LogP contribution in [0.15, 0.2) is 30.3 Å². The van der Waals surface area contributed by atoms with Crippen LogP contribution in [0.25, 0.3) is 0 Å². The van der Waals surface area contributed by atoms with Crippen molar-refractivity contribution in [3.8, 4) is 5.75 Å². The second-order valence-electron chi connectivity index (χ2n) is 4.58. The van der Waals surface area contributed by atoms with Gasteiger partial charge in [0.15, 0.2) is 11.6 Å². The van der Waals surface area contributed by atoms with E-state index in [0.29, 0.717) is 12.1 Å². The quantitative estimate of drug-likeness (QED) is 0.481. The lowest BCUT2D eigenvalue weighted by atomic mass is 10.1. The SMILES string of the molecule is Fc1cc(C(F)(F)F)ccc1COc1ccc(CBr)c(F)c1F. The Balaban J connectivity index is 2.17. The molecule has 0 N–H and O–H groups in total. The van der Waals surface area contributed by atoms with E-state index in [1.165, 1.54) is 6.07 Å². The van der Waals surface area contributed by atoms with Crippen molar-refractivity contribution in [2.75, 3.05) is 0 Å². The lowest BCUT2D eigenvalue weighted by Crippen LogP contribution is -2.07. The van der Waals surface area contributed by atoms with Crippen molar-refractivity contribution in [2.45, 2.75) is 18.1 Å². The third-order valence-corrected chi connectivity index (χ3v) is 3.64. The average molecular weight is 399 g/mol. The van der Waals surface area contributed by atoms with Crippen molar-refractivity contribution in [2.24, 2.45) is 0 Å². The molecule has 124 valence electrons. The molecule has 0 saturated carbocycles. The first-order valence-electron chi connectivity index (χ1n) is 6.25. The summed E-state index contributed by atoms with van der Waals surface area (Å²) < 4.78 is 83.1. The third kappa shape index (κ3) is 3.99. The van der Waals surface area contributed by atoms with Crippen LogP contribution >= 0.6 is 15.9 Å². The first-order chi connectivity index (χ1) is 10.7. The van der Waals surface area contributed by atoms with Gasteiger partial charge in [-0.05, 0) is 18.2 Å². The van der Waals surface area contributed by atoms with Crippen LogP contribution in [0.2, 0.25) is 0 Å². The minimum Gasteiger partial charge on any atom is -0.486 e. The van der Waals surface area contributed by atoms with Crippen molar-refractivity contribution in [3.05, 3.63) is 64.5 Å². The molecule has 2 aromatic carbocycles. The number of ether oxygens (including phenoxy) is 1. The topological polar surface area (TPSA) is 9.23 Å². The van der Waals surface area contributed by atoms with Crippen LogP contribution in [0.5, 0.6) is 5.75 Å². The van der Waals surface area contributed by atoms with Crippen molar-refractivity contribution < 1.29 is 31.1 Å². The molecular weight excluding hydrogens is 390 g/mol. The number of alkyl halides is 4. The predicted octanol–water partition coefficient (Wildman–Crippen LogP) is 5.60. The van der Waals surface area contributed by atoms with Gasteiger partial charge in [0, 0.05) is 16.5 Å². The molecule has 0 aromatic heterocycles. The van der Waals surface area contributed by atoms with E-state index in [9.17, 15) is 26.3 Å². The van der Waals surface area contributed by atoms with Gasteiger partial charge in [-0.1, -0.05) is 28.1 Å². The fraction of sp³-hybridized carbons (Fsp3) is 0.200. The molecule has 1 nitrogen and oxygen atoms in total. The zero-order valence-electron chi connectivity index (χ0n) is 11.4. The molecule has 0 radical (unpaired) electrons. The Hall–Kier alpha value is -1.70. The molecule has 0 aliphatic carbocycles. The molecule has 0 unspecified atom stereocenters. The van der Waals surface area contributed by atoms with Gasteiger partial charge in [-0.15, -0.1) is 0 Å². The maximum absolute atomic E-state index is 13.7. The molecule has 0 spiro atoms. The Labute approximate surface area is 136 Å². The third-order valence-electron chi connectivity index (χ3n) is 3.03. The van der Waals surface area contributed by atoms with Gasteiger partial charge in [0.1, 0.15) is 12.4 Å². The number of benzene rings is 2. The lowest BCUT2D eigenvalue weighted by molar-refractivity contribution is -0.137. The first kappa shape index (κ1) is 17.7. The van der Waals surface area contributed by atoms with Gasteiger partial charge in [0.25, 0.3) is 0 Å². The van der Waals surface area contributed by atoms with Crippen LogP contribution in [-0.2, 0) is 18.1 Å². The van der Waals surface area contributed by atoms with Crippen LogP contribution in [-0.4, -0.2) is 0 Å². The van der Waals surface area contributed by atoms with Crippen LogP contribution in [0.3, 0.4) is 0 Å². The molecule has 23 heavy (non-hydrogen) atoms. The van der Waals surface area contributed by atoms with E-state index in [1.807, 2.05) is 0 Å². The maximum Gasteiger partial charge on any atom is 0.416 e. The van der Waals surface area contributed by atoms with Crippen molar-refractivity contribution >= 4 is 15.9 Å². The average Bonchev–Trinajstić information content (AvgIpc) is 2.49. The zero-order valence-corrected chi connectivity index (χ0v) is 12.9. The fourth-order valence-electron chi connectivity index (χ4n) is 1.78. The molecule has 0 bridgehead atoms. The summed E-state index contributed by atoms with van der Waals surface area (Å²) >= 11 is 2.99. The Kier molecular flexibility index (Phi) is 5.23. The molecule has 0 amide bonds. The molecule has 2 rings (SSSR count). The molecule has 0 heterocycles. The van der Waals surface area contributed by atoms with Crippen LogP contribution in [0.4, 0.5) is 26.3 Å². The number of hydrogen-bond acceptors (Lipinski definition) is 1. The second kappa shape index (κ2) is 6.82. The Bertz CT molecular complexity index is 714. The largest absolute Gasteiger partial charge is 0.486 e. The summed E-state index contributed by atoms with van der Waals surface area (Å²) in [6.45, 7) is -0.534. The predicted molar refractivity (Wildman–Crippen MR) is 74.7 cm³/mol. The van der Waals surface area contributed by atoms with Gasteiger partial charge in [0.2, 0.25) is 5.82 Å². The molecule has 2 aromatic rings. The minimum atomic E-state index is -4.67. The van der Waals surface area contributed by atoms with Gasteiger partial charge < -0.3 is 4.74 Å². The van der Waals surface area contributed by atoms with Crippen molar-refractivity contribution in [3.63, 3.8) is 0 Å². The van der Waals surface area contributed by atoms with E-state index in [1.54, 1.807) is 0 Å². The highest BCUT2D eigenvalue weighted by molar-refractivity contribution is 9.08. The summed E-state index contributed by atoms with van der Waals surface area (Å²) in [7, 11) is 0. The van der Waals surface area contributed by atoms with Crippen LogP contribution < -0.4 is 4.74 Å². The van der Waals surface area contributed by atoms with Gasteiger partial charge in [-0.3, -0.25) is 0 Å². The number of rotatable bonds is 4. The lowest BCUT2D eigenvalue weighted by Gasteiger charge is -2.11. The highest BCUT2D eigenvalue weighted by Crippen LogP contribution is 2.31. The van der Waals surface area contributed by atoms with Crippen molar-refractivity contribution in [1.82, 2.24) is 0 Å². The fourth-order valence-corrected chi connectivity index (χ4v) is 2.22. The van der Waals surface area contributed by atoms with E-state index >= 15 is 0 Å². The van der Waals surface area contributed by atoms with Crippen LogP contribution in [0.1, 0.15) is 16.7 Å². The van der Waals surface area contributed by atoms with E-state index in [4.69, 9.17) is 4.74 Å². The van der Waals surface area contributed by atoms with Crippen LogP contribution in [0, 0.1) is 17.5 Å². The number of hydrogen-bond donors (Lipinski definition) is 0. The Morgan fingerprint density at radius 1 is 0.913 bits per heavy atom. The van der Waals surface area contributed by atoms with E-state index < -0.39 is 41.5 Å². The first-order valence-corrected chi connectivity index (χ1v) is 7.37. The summed E-state index contributed by atoms with van der Waals surface area (Å²) in [5.74, 6) is -3.94. The van der Waals surface area contributed by atoms with E-state index in [2.05, 4.69) is 15.9 Å². The standard InChI is InChI=1S/C15H9BrF6O/c16-6-8-2-4-12(14(19)13(8)18)23-7-9-1-3-10(5-11(9)17)15(20,21)22/h1-5H,6-7H2. The summed E-state index contributed by atoms with van der Waals surface area (Å²) in [5, 5.41) is 0.101. The Morgan fingerprint density at radius 3 is 2.13 bits per heavy atom. The summed E-state index contributed by atoms with van der Waals surface area (Å²) in [6, 6.07) is 4.35. The molecule has 0 saturated heterocycles. The maximum atomic E-state index is 13.7. The Morgan fingerprint density at radius 2 is 1.57 bits per heavy atom. The highest BCUT2D eigenvalue weighted by Gasteiger charge is 2.31. The van der Waals surface area contributed by atoms with E-state index in [0.717, 1.165) is 12.1 Å². The molecule has 0 aliphatic rings. The molecule has 0 aliphatic heterocycles. The van der Waals surface area contributed by atoms with Gasteiger partial charge in [-0.25, -0.2) is 8.78 Å². The summed E-state index contributed by atoms with van der Waals surface area (Å²) in [6.07, 6.45) is -4.67.